The van der Waals surface area contributed by atoms with Gasteiger partial charge < -0.3 is 15.2 Å². The highest BCUT2D eigenvalue weighted by atomic mass is 16.5. The summed E-state index contributed by atoms with van der Waals surface area (Å²) in [7, 11) is 1.67. The van der Waals surface area contributed by atoms with Gasteiger partial charge in [-0.1, -0.05) is 13.0 Å². The average molecular weight is 237 g/mol. The molecule has 0 fully saturated rings. The second kappa shape index (κ2) is 7.17. The minimum atomic E-state index is 0.600. The summed E-state index contributed by atoms with van der Waals surface area (Å²) in [5, 5.41) is 0. The Balaban J connectivity index is 2.74. The van der Waals surface area contributed by atoms with Gasteiger partial charge in [0.1, 0.15) is 0 Å². The lowest BCUT2D eigenvalue weighted by Gasteiger charge is -2.13. The summed E-state index contributed by atoms with van der Waals surface area (Å²) < 4.78 is 10.8. The Morgan fingerprint density at radius 2 is 2.06 bits per heavy atom. The van der Waals surface area contributed by atoms with E-state index in [2.05, 4.69) is 19.1 Å². The van der Waals surface area contributed by atoms with Gasteiger partial charge in [0.25, 0.3) is 0 Å². The smallest absolute Gasteiger partial charge is 0.161 e. The molecule has 0 amide bonds. The van der Waals surface area contributed by atoms with Crippen LogP contribution in [0.4, 0.5) is 0 Å². The molecule has 1 unspecified atom stereocenters. The molecule has 1 aromatic carbocycles. The van der Waals surface area contributed by atoms with Crippen LogP contribution in [0.3, 0.4) is 0 Å². The molecule has 3 nitrogen and oxygen atoms in total. The molecule has 0 spiro atoms. The minimum Gasteiger partial charge on any atom is -0.493 e. The molecule has 0 aromatic heterocycles. The van der Waals surface area contributed by atoms with Crippen molar-refractivity contribution in [1.82, 2.24) is 0 Å². The summed E-state index contributed by atoms with van der Waals surface area (Å²) in [6.07, 6.45) is 2.08. The Hall–Kier alpha value is -1.22. The van der Waals surface area contributed by atoms with Crippen molar-refractivity contribution in [3.63, 3.8) is 0 Å². The third-order valence-electron chi connectivity index (χ3n) is 2.77. The highest BCUT2D eigenvalue weighted by molar-refractivity contribution is 5.43. The van der Waals surface area contributed by atoms with Crippen molar-refractivity contribution in [1.29, 1.82) is 0 Å². The van der Waals surface area contributed by atoms with Gasteiger partial charge in [0.2, 0.25) is 0 Å². The lowest BCUT2D eigenvalue weighted by Crippen LogP contribution is -2.08. The molecule has 0 aliphatic carbocycles. The SMILES string of the molecule is CCOc1ccc(CC(C)CCN)cc1OC. The maximum atomic E-state index is 5.56. The van der Waals surface area contributed by atoms with Gasteiger partial charge in [-0.15, -0.1) is 0 Å². The fourth-order valence-electron chi connectivity index (χ4n) is 1.90. The third kappa shape index (κ3) is 4.27. The first-order chi connectivity index (χ1) is 8.21. The van der Waals surface area contributed by atoms with Crippen molar-refractivity contribution in [3.05, 3.63) is 23.8 Å². The van der Waals surface area contributed by atoms with Gasteiger partial charge in [-0.2, -0.15) is 0 Å². The van der Waals surface area contributed by atoms with Gasteiger partial charge in [0, 0.05) is 0 Å². The molecule has 17 heavy (non-hydrogen) atoms. The number of methoxy groups -OCH3 is 1. The quantitative estimate of drug-likeness (QED) is 0.793. The summed E-state index contributed by atoms with van der Waals surface area (Å²) in [5.74, 6) is 2.22. The van der Waals surface area contributed by atoms with Crippen LogP contribution in [0, 0.1) is 5.92 Å². The standard InChI is InChI=1S/C14H23NO2/c1-4-17-13-6-5-12(10-14(13)16-3)9-11(2)7-8-15/h5-6,10-11H,4,7-9,15H2,1-3H3. The molecule has 2 N–H and O–H groups in total. The first-order valence-corrected chi connectivity index (χ1v) is 6.21. The number of hydrogen-bond acceptors (Lipinski definition) is 3. The predicted octanol–water partition coefficient (Wildman–Crippen LogP) is 2.62. The first kappa shape index (κ1) is 13.8. The topological polar surface area (TPSA) is 44.5 Å². The van der Waals surface area contributed by atoms with E-state index >= 15 is 0 Å². The van der Waals surface area contributed by atoms with E-state index in [4.69, 9.17) is 15.2 Å². The van der Waals surface area contributed by atoms with Gasteiger partial charge in [-0.05, 0) is 49.9 Å². The molecule has 3 heteroatoms. The highest BCUT2D eigenvalue weighted by Gasteiger charge is 2.08. The zero-order valence-electron chi connectivity index (χ0n) is 11.0. The summed E-state index contributed by atoms with van der Waals surface area (Å²) in [6, 6.07) is 6.13. The average Bonchev–Trinajstić information content (AvgIpc) is 2.31. The Morgan fingerprint density at radius 1 is 1.29 bits per heavy atom. The molecule has 0 aliphatic rings. The molecule has 0 bridgehead atoms. The Bertz CT molecular complexity index is 339. The number of hydrogen-bond donors (Lipinski definition) is 1. The molecule has 0 saturated carbocycles. The van der Waals surface area contributed by atoms with Crippen LogP contribution < -0.4 is 15.2 Å². The maximum absolute atomic E-state index is 5.56. The van der Waals surface area contributed by atoms with E-state index in [1.807, 2.05) is 13.0 Å². The molecule has 1 aromatic rings. The summed E-state index contributed by atoms with van der Waals surface area (Å²) >= 11 is 0. The zero-order valence-corrected chi connectivity index (χ0v) is 11.0. The molecule has 0 aliphatic heterocycles. The van der Waals surface area contributed by atoms with Crippen LogP contribution in [-0.2, 0) is 6.42 Å². The number of ether oxygens (including phenoxy) is 2. The zero-order chi connectivity index (χ0) is 12.7. The highest BCUT2D eigenvalue weighted by Crippen LogP contribution is 2.29. The van der Waals surface area contributed by atoms with Crippen LogP contribution in [-0.4, -0.2) is 20.3 Å². The normalized spacial score (nSPS) is 12.2. The van der Waals surface area contributed by atoms with Crippen LogP contribution in [0.2, 0.25) is 0 Å². The van der Waals surface area contributed by atoms with Gasteiger partial charge >= 0.3 is 0 Å². The molecule has 0 radical (unpaired) electrons. The summed E-state index contributed by atoms with van der Waals surface area (Å²) in [6.45, 7) is 5.58. The van der Waals surface area contributed by atoms with Crippen molar-refractivity contribution in [3.8, 4) is 11.5 Å². The molecule has 1 atom stereocenters. The van der Waals surface area contributed by atoms with Crippen LogP contribution in [0.15, 0.2) is 18.2 Å². The van der Waals surface area contributed by atoms with Crippen molar-refractivity contribution in [2.45, 2.75) is 26.7 Å². The molecule has 0 heterocycles. The van der Waals surface area contributed by atoms with Gasteiger partial charge in [-0.3, -0.25) is 0 Å². The van der Waals surface area contributed by atoms with E-state index < -0.39 is 0 Å². The molecule has 0 saturated heterocycles. The third-order valence-corrected chi connectivity index (χ3v) is 2.77. The van der Waals surface area contributed by atoms with Crippen LogP contribution in [0.1, 0.15) is 25.8 Å². The molecular formula is C14H23NO2. The lowest BCUT2D eigenvalue weighted by molar-refractivity contribution is 0.310. The minimum absolute atomic E-state index is 0.600. The Labute approximate surface area is 104 Å². The molecular weight excluding hydrogens is 214 g/mol. The van der Waals surface area contributed by atoms with E-state index in [9.17, 15) is 0 Å². The lowest BCUT2D eigenvalue weighted by atomic mass is 9.98. The second-order valence-corrected chi connectivity index (χ2v) is 4.30. The van der Waals surface area contributed by atoms with Crippen molar-refractivity contribution < 1.29 is 9.47 Å². The number of nitrogens with two attached hydrogens (primary N) is 1. The largest absolute Gasteiger partial charge is 0.493 e. The molecule has 1 rings (SSSR count). The van der Waals surface area contributed by atoms with Crippen LogP contribution in [0.5, 0.6) is 11.5 Å². The fourth-order valence-corrected chi connectivity index (χ4v) is 1.90. The van der Waals surface area contributed by atoms with E-state index in [0.29, 0.717) is 12.5 Å². The summed E-state index contributed by atoms with van der Waals surface area (Å²) in [4.78, 5) is 0. The van der Waals surface area contributed by atoms with E-state index in [1.165, 1.54) is 5.56 Å². The number of benzene rings is 1. The van der Waals surface area contributed by atoms with Gasteiger partial charge in [-0.25, -0.2) is 0 Å². The van der Waals surface area contributed by atoms with Crippen LogP contribution >= 0.6 is 0 Å². The fraction of sp³-hybridized carbons (Fsp3) is 0.571. The van der Waals surface area contributed by atoms with Gasteiger partial charge in [0.15, 0.2) is 11.5 Å². The molecule has 96 valence electrons. The van der Waals surface area contributed by atoms with Crippen LogP contribution in [0.25, 0.3) is 0 Å². The Kier molecular flexibility index (Phi) is 5.84. The predicted molar refractivity (Wildman–Crippen MR) is 70.7 cm³/mol. The van der Waals surface area contributed by atoms with Crippen molar-refractivity contribution in [2.24, 2.45) is 11.7 Å². The number of rotatable bonds is 7. The van der Waals surface area contributed by atoms with E-state index in [-0.39, 0.29) is 0 Å². The first-order valence-electron chi connectivity index (χ1n) is 6.21. The monoisotopic (exact) mass is 237 g/mol. The van der Waals surface area contributed by atoms with Crippen molar-refractivity contribution >= 4 is 0 Å². The maximum Gasteiger partial charge on any atom is 0.161 e. The van der Waals surface area contributed by atoms with E-state index in [0.717, 1.165) is 30.9 Å². The summed E-state index contributed by atoms with van der Waals surface area (Å²) in [5.41, 5.74) is 6.83. The Morgan fingerprint density at radius 3 is 2.65 bits per heavy atom. The van der Waals surface area contributed by atoms with Crippen molar-refractivity contribution in [2.75, 3.05) is 20.3 Å². The second-order valence-electron chi connectivity index (χ2n) is 4.30. The van der Waals surface area contributed by atoms with Gasteiger partial charge in [0.05, 0.1) is 13.7 Å². The van der Waals surface area contributed by atoms with E-state index in [1.54, 1.807) is 7.11 Å².